The van der Waals surface area contributed by atoms with Crippen molar-refractivity contribution in [2.45, 2.75) is 25.7 Å². The molecule has 0 spiro atoms. The summed E-state index contributed by atoms with van der Waals surface area (Å²) in [5, 5.41) is 10.6. The molecule has 3 aromatic rings. The Bertz CT molecular complexity index is 1030. The SMILES string of the molecule is Cc1cnc(C(CC(=O)O)c2cc(Cl)cc(-c3cccc(CC(N)=O)c3)c2)s1. The quantitative estimate of drug-likeness (QED) is 0.598. The number of carbonyl (C=O) groups excluding carboxylic acids is 1. The van der Waals surface area contributed by atoms with Gasteiger partial charge in [0.15, 0.2) is 0 Å². The molecule has 3 rings (SSSR count). The predicted octanol–water partition coefficient (Wildman–Crippen LogP) is 4.41. The predicted molar refractivity (Wildman–Crippen MR) is 111 cm³/mol. The highest BCUT2D eigenvalue weighted by Gasteiger charge is 2.22. The van der Waals surface area contributed by atoms with Crippen molar-refractivity contribution in [1.82, 2.24) is 4.98 Å². The van der Waals surface area contributed by atoms with E-state index in [1.807, 2.05) is 43.3 Å². The Morgan fingerprint density at radius 3 is 2.64 bits per heavy atom. The molecule has 1 amide bonds. The molecule has 3 N–H and O–H groups in total. The van der Waals surface area contributed by atoms with Crippen LogP contribution in [0.15, 0.2) is 48.7 Å². The number of primary amides is 1. The molecule has 0 bridgehead atoms. The van der Waals surface area contributed by atoms with Crippen molar-refractivity contribution in [3.63, 3.8) is 0 Å². The summed E-state index contributed by atoms with van der Waals surface area (Å²) < 4.78 is 0. The standard InChI is InChI=1S/C21H19ClN2O3S/c1-12-11-24-21(28-12)18(10-20(26)27)16-7-15(8-17(22)9-16)14-4-2-3-13(5-14)6-19(23)25/h2-5,7-9,11,18H,6,10H2,1H3,(H2,23,25)(H,26,27). The molecule has 0 radical (unpaired) electrons. The second-order valence-electron chi connectivity index (χ2n) is 6.58. The number of hydrogen-bond donors (Lipinski definition) is 2. The smallest absolute Gasteiger partial charge is 0.304 e. The van der Waals surface area contributed by atoms with Gasteiger partial charge in [0, 0.05) is 22.0 Å². The van der Waals surface area contributed by atoms with Crippen LogP contribution in [0, 0.1) is 6.92 Å². The highest BCUT2D eigenvalue weighted by Crippen LogP contribution is 2.35. The molecule has 0 aliphatic heterocycles. The van der Waals surface area contributed by atoms with Gasteiger partial charge in [0.05, 0.1) is 12.8 Å². The number of aromatic nitrogens is 1. The zero-order chi connectivity index (χ0) is 20.3. The maximum Gasteiger partial charge on any atom is 0.304 e. The van der Waals surface area contributed by atoms with Crippen molar-refractivity contribution in [3.05, 3.63) is 74.7 Å². The fraction of sp³-hybridized carbons (Fsp3) is 0.190. The first-order chi connectivity index (χ1) is 13.3. The maximum absolute atomic E-state index is 11.5. The number of aliphatic carboxylic acids is 1. The lowest BCUT2D eigenvalue weighted by molar-refractivity contribution is -0.137. The van der Waals surface area contributed by atoms with Crippen LogP contribution in [0.25, 0.3) is 11.1 Å². The van der Waals surface area contributed by atoms with Crippen molar-refractivity contribution in [2.75, 3.05) is 0 Å². The Hall–Kier alpha value is -2.70. The second kappa shape index (κ2) is 8.54. The van der Waals surface area contributed by atoms with E-state index in [1.165, 1.54) is 11.3 Å². The molecule has 0 saturated heterocycles. The second-order valence-corrected chi connectivity index (χ2v) is 8.28. The molecule has 28 heavy (non-hydrogen) atoms. The summed E-state index contributed by atoms with van der Waals surface area (Å²) in [6.45, 7) is 1.94. The van der Waals surface area contributed by atoms with Crippen molar-refractivity contribution in [1.29, 1.82) is 0 Å². The Morgan fingerprint density at radius 2 is 2.00 bits per heavy atom. The highest BCUT2D eigenvalue weighted by molar-refractivity contribution is 7.11. The summed E-state index contributed by atoms with van der Waals surface area (Å²) in [6.07, 6.45) is 1.82. The average Bonchev–Trinajstić information content (AvgIpc) is 3.05. The van der Waals surface area contributed by atoms with E-state index < -0.39 is 11.9 Å². The van der Waals surface area contributed by atoms with Crippen LogP contribution < -0.4 is 5.73 Å². The van der Waals surface area contributed by atoms with Crippen molar-refractivity contribution < 1.29 is 14.7 Å². The highest BCUT2D eigenvalue weighted by atomic mass is 35.5. The summed E-state index contributed by atoms with van der Waals surface area (Å²) in [5.74, 6) is -1.69. The van der Waals surface area contributed by atoms with Gasteiger partial charge in [-0.1, -0.05) is 41.9 Å². The molecule has 5 nitrogen and oxygen atoms in total. The molecule has 0 aliphatic rings. The number of carbonyl (C=O) groups is 2. The minimum atomic E-state index is -0.900. The van der Waals surface area contributed by atoms with Gasteiger partial charge in [-0.2, -0.15) is 0 Å². The van der Waals surface area contributed by atoms with E-state index in [1.54, 1.807) is 12.3 Å². The van der Waals surface area contributed by atoms with Crippen LogP contribution >= 0.6 is 22.9 Å². The number of nitrogens with two attached hydrogens (primary N) is 1. The van der Waals surface area contributed by atoms with E-state index in [-0.39, 0.29) is 18.8 Å². The normalized spacial score (nSPS) is 11.9. The molecule has 2 aromatic carbocycles. The molecular weight excluding hydrogens is 396 g/mol. The van der Waals surface area contributed by atoms with E-state index in [4.69, 9.17) is 17.3 Å². The third-order valence-corrected chi connectivity index (χ3v) is 5.52. The lowest BCUT2D eigenvalue weighted by Crippen LogP contribution is -2.13. The van der Waals surface area contributed by atoms with Crippen molar-refractivity contribution in [3.8, 4) is 11.1 Å². The minimum absolute atomic E-state index is 0.0749. The van der Waals surface area contributed by atoms with Crippen molar-refractivity contribution in [2.24, 2.45) is 5.73 Å². The fourth-order valence-corrected chi connectivity index (χ4v) is 4.24. The number of benzene rings is 2. The Balaban J connectivity index is 2.04. The Labute approximate surface area is 171 Å². The van der Waals surface area contributed by atoms with Gasteiger partial charge in [0.25, 0.3) is 0 Å². The molecule has 0 fully saturated rings. The van der Waals surface area contributed by atoms with E-state index >= 15 is 0 Å². The van der Waals surface area contributed by atoms with Gasteiger partial charge in [0.2, 0.25) is 5.91 Å². The number of carboxylic acid groups (broad SMARTS) is 1. The first-order valence-corrected chi connectivity index (χ1v) is 9.83. The third-order valence-electron chi connectivity index (χ3n) is 4.28. The van der Waals surface area contributed by atoms with Crippen LogP contribution in [-0.2, 0) is 16.0 Å². The summed E-state index contributed by atoms with van der Waals surface area (Å²) in [5.41, 5.74) is 8.62. The first kappa shape index (κ1) is 20.0. The van der Waals surface area contributed by atoms with E-state index in [2.05, 4.69) is 4.98 Å². The van der Waals surface area contributed by atoms with Gasteiger partial charge in [-0.25, -0.2) is 4.98 Å². The number of aryl methyl sites for hydroxylation is 1. The molecule has 0 aliphatic carbocycles. The molecule has 7 heteroatoms. The summed E-state index contributed by atoms with van der Waals surface area (Å²) >= 11 is 7.84. The van der Waals surface area contributed by atoms with Gasteiger partial charge in [-0.05, 0) is 41.3 Å². The number of hydrogen-bond acceptors (Lipinski definition) is 4. The van der Waals surface area contributed by atoms with Gasteiger partial charge >= 0.3 is 5.97 Å². The zero-order valence-corrected chi connectivity index (χ0v) is 16.8. The maximum atomic E-state index is 11.5. The van der Waals surface area contributed by atoms with Gasteiger partial charge in [-0.15, -0.1) is 11.3 Å². The monoisotopic (exact) mass is 414 g/mol. The van der Waals surface area contributed by atoms with E-state index in [0.717, 1.165) is 32.1 Å². The van der Waals surface area contributed by atoms with Crippen LogP contribution in [0.4, 0.5) is 0 Å². The molecular formula is C21H19ClN2O3S. The molecule has 144 valence electrons. The number of amides is 1. The van der Waals surface area contributed by atoms with Crippen LogP contribution in [-0.4, -0.2) is 22.0 Å². The molecule has 1 aromatic heterocycles. The molecule has 1 atom stereocenters. The Kier molecular flexibility index (Phi) is 6.11. The number of halogens is 1. The minimum Gasteiger partial charge on any atom is -0.481 e. The number of thiazole rings is 1. The van der Waals surface area contributed by atoms with Crippen LogP contribution in [0.3, 0.4) is 0 Å². The number of carboxylic acids is 1. The molecule has 1 heterocycles. The summed E-state index contributed by atoms with van der Waals surface area (Å²) in [7, 11) is 0. The van der Waals surface area contributed by atoms with Gasteiger partial charge in [0.1, 0.15) is 5.01 Å². The first-order valence-electron chi connectivity index (χ1n) is 8.64. The van der Waals surface area contributed by atoms with Gasteiger partial charge in [-0.3, -0.25) is 9.59 Å². The number of nitrogens with zero attached hydrogens (tertiary/aromatic N) is 1. The Morgan fingerprint density at radius 1 is 1.21 bits per heavy atom. The van der Waals surface area contributed by atoms with Crippen LogP contribution in [0.1, 0.15) is 33.4 Å². The third kappa shape index (κ3) is 4.97. The topological polar surface area (TPSA) is 93.3 Å². The molecule has 0 saturated carbocycles. The zero-order valence-electron chi connectivity index (χ0n) is 15.2. The lowest BCUT2D eigenvalue weighted by atomic mass is 9.92. The van der Waals surface area contributed by atoms with Gasteiger partial charge < -0.3 is 10.8 Å². The van der Waals surface area contributed by atoms with Crippen LogP contribution in [0.2, 0.25) is 5.02 Å². The average molecular weight is 415 g/mol. The summed E-state index contributed by atoms with van der Waals surface area (Å²) in [4.78, 5) is 28.1. The molecule has 1 unspecified atom stereocenters. The lowest BCUT2D eigenvalue weighted by Gasteiger charge is -2.15. The summed E-state index contributed by atoms with van der Waals surface area (Å²) in [6, 6.07) is 13.0. The van der Waals surface area contributed by atoms with E-state index in [9.17, 15) is 14.7 Å². The fourth-order valence-electron chi connectivity index (χ4n) is 3.10. The van der Waals surface area contributed by atoms with Crippen molar-refractivity contribution >= 4 is 34.8 Å². The number of rotatable bonds is 7. The largest absolute Gasteiger partial charge is 0.481 e. The van der Waals surface area contributed by atoms with E-state index in [0.29, 0.717) is 5.02 Å². The van der Waals surface area contributed by atoms with Crippen LogP contribution in [0.5, 0.6) is 0 Å².